The number of benzene rings is 1. The highest BCUT2D eigenvalue weighted by atomic mass is 19.1. The van der Waals surface area contributed by atoms with Crippen molar-refractivity contribution in [2.45, 2.75) is 31.8 Å². The molecule has 0 aliphatic carbocycles. The molecule has 1 N–H and O–H groups in total. The number of carbonyl (C=O) groups is 2. The molecule has 0 bridgehead atoms. The van der Waals surface area contributed by atoms with E-state index in [4.69, 9.17) is 4.42 Å². The van der Waals surface area contributed by atoms with Crippen LogP contribution in [0.15, 0.2) is 47.1 Å². The first-order valence-electron chi connectivity index (χ1n) is 7.98. The maximum atomic E-state index is 13.7. The standard InChI is InChI=1S/C18H19FN2O3/c19-15-7-2-1-5-13(15)11-17(22)21-9-3-8-16(21)18(23)20-12-14-6-4-10-24-14/h1-2,4-7,10,16H,3,8-9,11-12H2,(H,20,23)/t16-/m0/s1. The summed E-state index contributed by atoms with van der Waals surface area (Å²) in [5.41, 5.74) is 0.351. The van der Waals surface area contributed by atoms with Gasteiger partial charge in [-0.25, -0.2) is 4.39 Å². The predicted octanol–water partition coefficient (Wildman–Crippen LogP) is 2.27. The van der Waals surface area contributed by atoms with Gasteiger partial charge in [-0.15, -0.1) is 0 Å². The second-order valence-corrected chi connectivity index (χ2v) is 5.81. The zero-order valence-electron chi connectivity index (χ0n) is 13.2. The largest absolute Gasteiger partial charge is 0.467 e. The summed E-state index contributed by atoms with van der Waals surface area (Å²) in [5, 5.41) is 2.79. The maximum Gasteiger partial charge on any atom is 0.243 e. The molecule has 1 atom stereocenters. The first-order valence-corrected chi connectivity index (χ1v) is 7.98. The molecule has 0 unspecified atom stereocenters. The second kappa shape index (κ2) is 7.29. The average molecular weight is 330 g/mol. The molecule has 2 amide bonds. The fourth-order valence-corrected chi connectivity index (χ4v) is 2.95. The van der Waals surface area contributed by atoms with Crippen LogP contribution in [0.5, 0.6) is 0 Å². The minimum absolute atomic E-state index is 0.0331. The van der Waals surface area contributed by atoms with E-state index in [1.54, 1.807) is 41.5 Å². The smallest absolute Gasteiger partial charge is 0.243 e. The van der Waals surface area contributed by atoms with Gasteiger partial charge in [0.1, 0.15) is 17.6 Å². The molecule has 1 aliphatic rings. The zero-order chi connectivity index (χ0) is 16.9. The minimum atomic E-state index is -0.501. The SMILES string of the molecule is O=C(NCc1ccco1)[C@@H]1CCCN1C(=O)Cc1ccccc1F. The lowest BCUT2D eigenvalue weighted by Crippen LogP contribution is -2.46. The number of hydrogen-bond acceptors (Lipinski definition) is 3. The van der Waals surface area contributed by atoms with Crippen LogP contribution in [0, 0.1) is 5.82 Å². The Hall–Kier alpha value is -2.63. The van der Waals surface area contributed by atoms with Crippen molar-refractivity contribution in [2.24, 2.45) is 0 Å². The minimum Gasteiger partial charge on any atom is -0.467 e. The molecule has 2 aromatic rings. The highest BCUT2D eigenvalue weighted by molar-refractivity contribution is 5.89. The Bertz CT molecular complexity index is 715. The number of likely N-dealkylation sites (tertiary alicyclic amines) is 1. The van der Waals surface area contributed by atoms with E-state index in [-0.39, 0.29) is 24.8 Å². The third-order valence-electron chi connectivity index (χ3n) is 4.19. The zero-order valence-corrected chi connectivity index (χ0v) is 13.2. The Morgan fingerprint density at radius 2 is 2.08 bits per heavy atom. The van der Waals surface area contributed by atoms with E-state index in [9.17, 15) is 14.0 Å². The lowest BCUT2D eigenvalue weighted by atomic mass is 10.1. The molecule has 6 heteroatoms. The van der Waals surface area contributed by atoms with E-state index >= 15 is 0 Å². The molecule has 126 valence electrons. The highest BCUT2D eigenvalue weighted by Gasteiger charge is 2.34. The van der Waals surface area contributed by atoms with Crippen molar-refractivity contribution in [3.63, 3.8) is 0 Å². The van der Waals surface area contributed by atoms with Crippen molar-refractivity contribution < 1.29 is 18.4 Å². The molecule has 0 spiro atoms. The number of nitrogens with zero attached hydrogens (tertiary/aromatic N) is 1. The van der Waals surface area contributed by atoms with Crippen molar-refractivity contribution in [1.82, 2.24) is 10.2 Å². The van der Waals surface area contributed by atoms with Crippen LogP contribution in [0.3, 0.4) is 0 Å². The van der Waals surface area contributed by atoms with Gasteiger partial charge in [0.25, 0.3) is 0 Å². The lowest BCUT2D eigenvalue weighted by molar-refractivity contribution is -0.138. The summed E-state index contributed by atoms with van der Waals surface area (Å²) in [7, 11) is 0. The normalized spacial score (nSPS) is 17.0. The van der Waals surface area contributed by atoms with Crippen LogP contribution in [0.25, 0.3) is 0 Å². The molecule has 0 saturated carbocycles. The summed E-state index contributed by atoms with van der Waals surface area (Å²) in [6.45, 7) is 0.809. The first kappa shape index (κ1) is 16.2. The molecular weight excluding hydrogens is 311 g/mol. The van der Waals surface area contributed by atoms with E-state index in [1.165, 1.54) is 6.07 Å². The number of carbonyl (C=O) groups excluding carboxylic acids is 2. The molecule has 5 nitrogen and oxygen atoms in total. The summed E-state index contributed by atoms with van der Waals surface area (Å²) in [6, 6.07) is 9.24. The van der Waals surface area contributed by atoms with E-state index in [0.717, 1.165) is 6.42 Å². The van der Waals surface area contributed by atoms with Gasteiger partial charge in [-0.05, 0) is 36.6 Å². The van der Waals surface area contributed by atoms with Crippen LogP contribution < -0.4 is 5.32 Å². The number of nitrogens with one attached hydrogen (secondary N) is 1. The first-order chi connectivity index (χ1) is 11.6. The molecule has 1 fully saturated rings. The van der Waals surface area contributed by atoms with E-state index in [2.05, 4.69) is 5.32 Å². The molecule has 0 radical (unpaired) electrons. The third kappa shape index (κ3) is 3.64. The van der Waals surface area contributed by atoms with E-state index < -0.39 is 11.9 Å². The maximum absolute atomic E-state index is 13.7. The number of hydrogen-bond donors (Lipinski definition) is 1. The number of halogens is 1. The summed E-state index contributed by atoms with van der Waals surface area (Å²) >= 11 is 0. The summed E-state index contributed by atoms with van der Waals surface area (Å²) < 4.78 is 18.9. The van der Waals surface area contributed by atoms with Crippen LogP contribution in [-0.4, -0.2) is 29.3 Å². The number of amides is 2. The molecule has 24 heavy (non-hydrogen) atoms. The Balaban J connectivity index is 1.61. The molecule has 2 heterocycles. The van der Waals surface area contributed by atoms with Gasteiger partial charge < -0.3 is 14.6 Å². The van der Waals surface area contributed by atoms with Gasteiger partial charge in [-0.3, -0.25) is 9.59 Å². The van der Waals surface area contributed by atoms with Gasteiger partial charge in [0.2, 0.25) is 11.8 Å². The average Bonchev–Trinajstić information content (AvgIpc) is 3.26. The fourth-order valence-electron chi connectivity index (χ4n) is 2.95. The van der Waals surface area contributed by atoms with Crippen LogP contribution in [-0.2, 0) is 22.6 Å². The molecule has 1 aromatic carbocycles. The lowest BCUT2D eigenvalue weighted by Gasteiger charge is -2.24. The highest BCUT2D eigenvalue weighted by Crippen LogP contribution is 2.20. The third-order valence-corrected chi connectivity index (χ3v) is 4.19. The molecular formula is C18H19FN2O3. The van der Waals surface area contributed by atoms with Gasteiger partial charge in [-0.2, -0.15) is 0 Å². The van der Waals surface area contributed by atoms with Gasteiger partial charge >= 0.3 is 0 Å². The monoisotopic (exact) mass is 330 g/mol. The second-order valence-electron chi connectivity index (χ2n) is 5.81. The molecule has 1 aromatic heterocycles. The van der Waals surface area contributed by atoms with Crippen LogP contribution >= 0.6 is 0 Å². The Kier molecular flexibility index (Phi) is 4.93. The van der Waals surface area contributed by atoms with Crippen molar-refractivity contribution in [3.8, 4) is 0 Å². The Labute approximate surface area is 139 Å². The quantitative estimate of drug-likeness (QED) is 0.915. The summed E-state index contributed by atoms with van der Waals surface area (Å²) in [6.07, 6.45) is 2.89. The van der Waals surface area contributed by atoms with Crippen molar-refractivity contribution in [1.29, 1.82) is 0 Å². The fraction of sp³-hybridized carbons (Fsp3) is 0.333. The molecule has 3 rings (SSSR count). The van der Waals surface area contributed by atoms with Gasteiger partial charge in [0.15, 0.2) is 0 Å². The van der Waals surface area contributed by atoms with E-state index in [1.807, 2.05) is 0 Å². The number of furan rings is 1. The van der Waals surface area contributed by atoms with Gasteiger partial charge in [0, 0.05) is 6.54 Å². The molecule has 1 aliphatic heterocycles. The van der Waals surface area contributed by atoms with Crippen molar-refractivity contribution >= 4 is 11.8 Å². The molecule has 1 saturated heterocycles. The number of rotatable bonds is 5. The topological polar surface area (TPSA) is 62.6 Å². The summed E-state index contributed by atoms with van der Waals surface area (Å²) in [5.74, 6) is -0.170. The van der Waals surface area contributed by atoms with Crippen molar-refractivity contribution in [2.75, 3.05) is 6.54 Å². The Morgan fingerprint density at radius 1 is 1.25 bits per heavy atom. The van der Waals surface area contributed by atoms with Crippen LogP contribution in [0.2, 0.25) is 0 Å². The van der Waals surface area contributed by atoms with Gasteiger partial charge in [-0.1, -0.05) is 18.2 Å². The van der Waals surface area contributed by atoms with Gasteiger partial charge in [0.05, 0.1) is 19.2 Å². The van der Waals surface area contributed by atoms with Crippen LogP contribution in [0.1, 0.15) is 24.2 Å². The van der Waals surface area contributed by atoms with Crippen LogP contribution in [0.4, 0.5) is 4.39 Å². The predicted molar refractivity (Wildman–Crippen MR) is 85.4 cm³/mol. The Morgan fingerprint density at radius 3 is 2.83 bits per heavy atom. The van der Waals surface area contributed by atoms with Crippen molar-refractivity contribution in [3.05, 3.63) is 59.8 Å². The van der Waals surface area contributed by atoms with E-state index in [0.29, 0.717) is 24.3 Å². The summed E-state index contributed by atoms with van der Waals surface area (Å²) in [4.78, 5) is 26.4.